The number of amides is 2. The van der Waals surface area contributed by atoms with Gasteiger partial charge in [-0.1, -0.05) is 42.5 Å². The highest BCUT2D eigenvalue weighted by Crippen LogP contribution is 2.27. The van der Waals surface area contributed by atoms with Crippen LogP contribution in [0.15, 0.2) is 65.9 Å². The fourth-order valence-corrected chi connectivity index (χ4v) is 2.85. The van der Waals surface area contributed by atoms with E-state index >= 15 is 0 Å². The molecule has 0 aliphatic carbocycles. The van der Waals surface area contributed by atoms with Crippen LogP contribution in [-0.2, 0) is 16.1 Å². The second-order valence-corrected chi connectivity index (χ2v) is 5.91. The normalized spacial score (nSPS) is 16.5. The minimum Gasteiger partial charge on any atom is -0.497 e. The summed E-state index contributed by atoms with van der Waals surface area (Å²) in [6.07, 6.45) is 0. The molecule has 6 heteroatoms. The summed E-state index contributed by atoms with van der Waals surface area (Å²) in [6, 6.07) is 15.7. The zero-order valence-electron chi connectivity index (χ0n) is 14.6. The number of hydrogen-bond acceptors (Lipinski definition) is 4. The molecule has 0 fully saturated rings. The maximum atomic E-state index is 12.7. The molecule has 1 heterocycles. The molecule has 1 aliphatic rings. The smallest absolute Gasteiger partial charge is 0.338 e. The Labute approximate surface area is 151 Å². The van der Waals surface area contributed by atoms with Crippen molar-refractivity contribution in [2.45, 2.75) is 19.6 Å². The zero-order chi connectivity index (χ0) is 18.5. The van der Waals surface area contributed by atoms with Crippen molar-refractivity contribution in [1.29, 1.82) is 0 Å². The number of benzene rings is 2. The van der Waals surface area contributed by atoms with Gasteiger partial charge >= 0.3 is 12.0 Å². The Morgan fingerprint density at radius 1 is 1.12 bits per heavy atom. The quantitative estimate of drug-likeness (QED) is 0.811. The lowest BCUT2D eigenvalue weighted by Crippen LogP contribution is -2.45. The monoisotopic (exact) mass is 352 g/mol. The van der Waals surface area contributed by atoms with E-state index in [-0.39, 0.29) is 12.6 Å². The molecule has 6 nitrogen and oxygen atoms in total. The number of allylic oxidation sites excluding steroid dienone is 1. The Bertz CT molecular complexity index is 846. The van der Waals surface area contributed by atoms with Gasteiger partial charge in [0.25, 0.3) is 0 Å². The number of carbonyl (C=O) groups is 2. The molecule has 0 spiro atoms. The number of carbonyl (C=O) groups excluding carboxylic acids is 2. The van der Waals surface area contributed by atoms with Crippen LogP contribution in [0.2, 0.25) is 0 Å². The van der Waals surface area contributed by atoms with Gasteiger partial charge in [-0.15, -0.1) is 0 Å². The van der Waals surface area contributed by atoms with Crippen molar-refractivity contribution in [3.8, 4) is 5.75 Å². The summed E-state index contributed by atoms with van der Waals surface area (Å²) in [5.41, 5.74) is 2.51. The third-order valence-electron chi connectivity index (χ3n) is 4.13. The van der Waals surface area contributed by atoms with Crippen LogP contribution in [0, 0.1) is 0 Å². The number of methoxy groups -OCH3 is 1. The van der Waals surface area contributed by atoms with E-state index in [1.54, 1.807) is 14.0 Å². The molecule has 1 atom stereocenters. The van der Waals surface area contributed by atoms with Gasteiger partial charge in [0, 0.05) is 5.70 Å². The molecule has 26 heavy (non-hydrogen) atoms. The van der Waals surface area contributed by atoms with Gasteiger partial charge in [-0.2, -0.15) is 0 Å². The van der Waals surface area contributed by atoms with Gasteiger partial charge in [-0.05, 0) is 30.2 Å². The minimum atomic E-state index is -0.553. The molecule has 1 unspecified atom stereocenters. The minimum absolute atomic E-state index is 0.113. The number of esters is 1. The third kappa shape index (κ3) is 3.85. The van der Waals surface area contributed by atoms with Crippen LogP contribution in [0.5, 0.6) is 5.75 Å². The second-order valence-electron chi connectivity index (χ2n) is 5.91. The van der Waals surface area contributed by atoms with E-state index in [1.165, 1.54) is 0 Å². The average molecular weight is 352 g/mol. The van der Waals surface area contributed by atoms with Crippen molar-refractivity contribution in [3.05, 3.63) is 77.0 Å². The lowest BCUT2D eigenvalue weighted by molar-refractivity contribution is -0.140. The van der Waals surface area contributed by atoms with E-state index < -0.39 is 12.0 Å². The molecule has 2 amide bonds. The summed E-state index contributed by atoms with van der Waals surface area (Å²) in [5, 5.41) is 5.42. The lowest BCUT2D eigenvalue weighted by Gasteiger charge is -2.28. The molecular formula is C20H20N2O4. The van der Waals surface area contributed by atoms with Gasteiger partial charge in [-0.3, -0.25) is 0 Å². The molecule has 2 N–H and O–H groups in total. The van der Waals surface area contributed by atoms with Crippen LogP contribution in [0.25, 0.3) is 0 Å². The van der Waals surface area contributed by atoms with E-state index in [4.69, 9.17) is 9.47 Å². The standard InChI is InChI=1S/C20H20N2O4/c1-13-17(18(22-20(24)21-13)15-8-4-3-5-9-15)19(23)26-12-14-7-6-10-16(11-14)25-2/h3-11,18H,12H2,1-2H3,(H2,21,22,24). The summed E-state index contributed by atoms with van der Waals surface area (Å²) < 4.78 is 10.7. The predicted molar refractivity (Wildman–Crippen MR) is 96.3 cm³/mol. The Morgan fingerprint density at radius 3 is 2.62 bits per heavy atom. The van der Waals surface area contributed by atoms with Crippen LogP contribution in [-0.4, -0.2) is 19.1 Å². The maximum Gasteiger partial charge on any atom is 0.338 e. The van der Waals surface area contributed by atoms with E-state index in [0.717, 1.165) is 11.1 Å². The van der Waals surface area contributed by atoms with Crippen molar-refractivity contribution in [1.82, 2.24) is 10.6 Å². The highest BCUT2D eigenvalue weighted by molar-refractivity contribution is 5.95. The molecule has 134 valence electrons. The van der Waals surface area contributed by atoms with Gasteiger partial charge in [-0.25, -0.2) is 9.59 Å². The molecule has 0 radical (unpaired) electrons. The Kier molecular flexibility index (Phi) is 5.22. The lowest BCUT2D eigenvalue weighted by atomic mass is 9.96. The van der Waals surface area contributed by atoms with Gasteiger partial charge in [0.15, 0.2) is 0 Å². The highest BCUT2D eigenvalue weighted by atomic mass is 16.5. The van der Waals surface area contributed by atoms with Gasteiger partial charge in [0.2, 0.25) is 0 Å². The van der Waals surface area contributed by atoms with Crippen molar-refractivity contribution < 1.29 is 19.1 Å². The SMILES string of the molecule is COc1cccc(COC(=O)C2=C(C)NC(=O)NC2c2ccccc2)c1. The summed E-state index contributed by atoms with van der Waals surface area (Å²) in [6.45, 7) is 1.80. The van der Waals surface area contributed by atoms with Crippen LogP contribution >= 0.6 is 0 Å². The van der Waals surface area contributed by atoms with E-state index in [9.17, 15) is 9.59 Å². The summed E-state index contributed by atoms with van der Waals surface area (Å²) in [4.78, 5) is 24.6. The molecule has 0 saturated heterocycles. The maximum absolute atomic E-state index is 12.7. The number of ether oxygens (including phenoxy) is 2. The Hall–Kier alpha value is -3.28. The van der Waals surface area contributed by atoms with Crippen molar-refractivity contribution in [3.63, 3.8) is 0 Å². The molecule has 0 bridgehead atoms. The van der Waals surface area contributed by atoms with Crippen molar-refractivity contribution in [2.24, 2.45) is 0 Å². The summed E-state index contributed by atoms with van der Waals surface area (Å²) in [5.74, 6) is 0.217. The Balaban J connectivity index is 1.80. The first-order valence-corrected chi connectivity index (χ1v) is 8.22. The fraction of sp³-hybridized carbons (Fsp3) is 0.200. The molecule has 2 aromatic carbocycles. The zero-order valence-corrected chi connectivity index (χ0v) is 14.6. The van der Waals surface area contributed by atoms with E-state index in [1.807, 2.05) is 54.6 Å². The predicted octanol–water partition coefficient (Wildman–Crippen LogP) is 3.07. The average Bonchev–Trinajstić information content (AvgIpc) is 2.66. The number of hydrogen-bond donors (Lipinski definition) is 2. The molecule has 0 aromatic heterocycles. The third-order valence-corrected chi connectivity index (χ3v) is 4.13. The van der Waals surface area contributed by atoms with E-state index in [2.05, 4.69) is 10.6 Å². The topological polar surface area (TPSA) is 76.7 Å². The van der Waals surface area contributed by atoms with Gasteiger partial charge < -0.3 is 20.1 Å². The summed E-state index contributed by atoms with van der Waals surface area (Å²) in [7, 11) is 1.58. The second kappa shape index (κ2) is 7.74. The Morgan fingerprint density at radius 2 is 1.88 bits per heavy atom. The van der Waals surface area contributed by atoms with Gasteiger partial charge in [0.1, 0.15) is 12.4 Å². The van der Waals surface area contributed by atoms with Crippen LogP contribution < -0.4 is 15.4 Å². The highest BCUT2D eigenvalue weighted by Gasteiger charge is 2.32. The van der Waals surface area contributed by atoms with Crippen LogP contribution in [0.1, 0.15) is 24.1 Å². The van der Waals surface area contributed by atoms with Gasteiger partial charge in [0.05, 0.1) is 18.7 Å². The number of rotatable bonds is 5. The molecule has 0 saturated carbocycles. The number of nitrogens with one attached hydrogen (secondary N) is 2. The molecular weight excluding hydrogens is 332 g/mol. The first kappa shape index (κ1) is 17.5. The van der Waals surface area contributed by atoms with E-state index in [0.29, 0.717) is 17.0 Å². The molecule has 1 aliphatic heterocycles. The van der Waals surface area contributed by atoms with Crippen molar-refractivity contribution in [2.75, 3.05) is 7.11 Å². The molecule has 3 rings (SSSR count). The first-order chi connectivity index (χ1) is 12.6. The van der Waals surface area contributed by atoms with Crippen molar-refractivity contribution >= 4 is 12.0 Å². The molecule has 2 aromatic rings. The fourth-order valence-electron chi connectivity index (χ4n) is 2.85. The van der Waals surface area contributed by atoms with Crippen LogP contribution in [0.3, 0.4) is 0 Å². The largest absolute Gasteiger partial charge is 0.497 e. The van der Waals surface area contributed by atoms with Crippen LogP contribution in [0.4, 0.5) is 4.79 Å². The number of urea groups is 1. The first-order valence-electron chi connectivity index (χ1n) is 8.22. The summed E-state index contributed by atoms with van der Waals surface area (Å²) >= 11 is 0.